The van der Waals surface area contributed by atoms with E-state index in [9.17, 15) is 4.79 Å². The van der Waals surface area contributed by atoms with E-state index in [1.807, 2.05) is 24.3 Å². The topological polar surface area (TPSA) is 72.8 Å². The van der Waals surface area contributed by atoms with Gasteiger partial charge in [-0.3, -0.25) is 4.79 Å². The van der Waals surface area contributed by atoms with Gasteiger partial charge in [0.2, 0.25) is 0 Å². The summed E-state index contributed by atoms with van der Waals surface area (Å²) in [5, 5.41) is 5.56. The number of ether oxygens (including phenoxy) is 4. The molecule has 0 N–H and O–H groups in total. The molecule has 3 rings (SSSR count). The summed E-state index contributed by atoms with van der Waals surface area (Å²) in [4.78, 5) is 15.2. The molecule has 0 radical (unpaired) electrons. The Morgan fingerprint density at radius 3 is 2.25 bits per heavy atom. The van der Waals surface area contributed by atoms with E-state index < -0.39 is 6.10 Å². The van der Waals surface area contributed by atoms with Crippen molar-refractivity contribution in [2.24, 2.45) is 5.10 Å². The third-order valence-corrected chi connectivity index (χ3v) is 5.98. The van der Waals surface area contributed by atoms with Crippen molar-refractivity contribution in [2.75, 3.05) is 59.6 Å². The first-order valence-corrected chi connectivity index (χ1v) is 11.0. The number of morpholine rings is 1. The molecule has 0 aromatic heterocycles. The number of rotatable bonds is 8. The van der Waals surface area contributed by atoms with Gasteiger partial charge in [-0.15, -0.1) is 0 Å². The number of anilines is 1. The van der Waals surface area contributed by atoms with Gasteiger partial charge in [0.25, 0.3) is 5.91 Å². The zero-order valence-electron chi connectivity index (χ0n) is 18.7. The van der Waals surface area contributed by atoms with Crippen molar-refractivity contribution in [1.82, 2.24) is 5.01 Å². The molecule has 32 heavy (non-hydrogen) atoms. The Morgan fingerprint density at radius 2 is 1.72 bits per heavy atom. The monoisotopic (exact) mass is 505 g/mol. The number of amides is 1. The molecule has 1 unspecified atom stereocenters. The van der Waals surface area contributed by atoms with Crippen LogP contribution in [0.1, 0.15) is 17.2 Å². The molecule has 0 saturated carbocycles. The number of hydrazone groups is 1. The fraction of sp³-hybridized carbons (Fsp3) is 0.391. The van der Waals surface area contributed by atoms with Crippen LogP contribution in [-0.2, 0) is 14.3 Å². The Hall–Kier alpha value is -2.62. The average Bonchev–Trinajstić information content (AvgIpc) is 2.84. The van der Waals surface area contributed by atoms with Gasteiger partial charge in [0.1, 0.15) is 16.0 Å². The first kappa shape index (κ1) is 24.0. The Bertz CT molecular complexity index is 920. The summed E-state index contributed by atoms with van der Waals surface area (Å²) in [6, 6.07) is 11.4. The number of nitrogens with zero attached hydrogens (tertiary/aromatic N) is 3. The third-order valence-electron chi connectivity index (χ3n) is 5.20. The van der Waals surface area contributed by atoms with Gasteiger partial charge >= 0.3 is 0 Å². The molecule has 1 fully saturated rings. The van der Waals surface area contributed by atoms with Gasteiger partial charge in [0.05, 0.1) is 33.6 Å². The van der Waals surface area contributed by atoms with Crippen LogP contribution < -0.4 is 14.4 Å². The molecule has 1 atom stereocenters. The highest BCUT2D eigenvalue weighted by Gasteiger charge is 2.24. The summed E-state index contributed by atoms with van der Waals surface area (Å²) in [6.45, 7) is 3.16. The fourth-order valence-electron chi connectivity index (χ4n) is 3.40. The van der Waals surface area contributed by atoms with E-state index in [4.69, 9.17) is 18.9 Å². The van der Waals surface area contributed by atoms with Gasteiger partial charge in [-0.1, -0.05) is 12.1 Å². The Balaban J connectivity index is 1.72. The maximum absolute atomic E-state index is 13.0. The molecule has 1 aliphatic heterocycles. The molecular formula is C23H28BrN3O5. The molecule has 0 spiro atoms. The maximum Gasteiger partial charge on any atom is 0.276 e. The predicted octanol–water partition coefficient (Wildman–Crippen LogP) is 3.48. The molecule has 1 amide bonds. The highest BCUT2D eigenvalue weighted by Crippen LogP contribution is 2.35. The molecule has 9 heteroatoms. The lowest BCUT2D eigenvalue weighted by molar-refractivity contribution is -0.141. The van der Waals surface area contributed by atoms with Crippen LogP contribution in [0.15, 0.2) is 46.0 Å². The minimum atomic E-state index is -0.759. The van der Waals surface area contributed by atoms with Gasteiger partial charge in [0, 0.05) is 38.5 Å². The summed E-state index contributed by atoms with van der Waals surface area (Å²) in [7, 11) is 6.26. The van der Waals surface area contributed by atoms with Crippen LogP contribution in [0.3, 0.4) is 0 Å². The van der Waals surface area contributed by atoms with Gasteiger partial charge in [0.15, 0.2) is 6.10 Å². The SMILES string of the molecule is COc1cc(C=NN(C)C(=O)C(OC)c2ccc(N3CCOCC3)cc2)cc(OC)c1Br. The highest BCUT2D eigenvalue weighted by molar-refractivity contribution is 9.10. The second-order valence-corrected chi connectivity index (χ2v) is 7.95. The number of carbonyl (C=O) groups excluding carboxylic acids is 1. The lowest BCUT2D eigenvalue weighted by Gasteiger charge is -2.29. The van der Waals surface area contributed by atoms with Crippen LogP contribution in [0.4, 0.5) is 5.69 Å². The smallest absolute Gasteiger partial charge is 0.276 e. The van der Waals surface area contributed by atoms with E-state index in [2.05, 4.69) is 25.9 Å². The van der Waals surface area contributed by atoms with Crippen LogP contribution in [0, 0.1) is 0 Å². The highest BCUT2D eigenvalue weighted by atomic mass is 79.9. The summed E-state index contributed by atoms with van der Waals surface area (Å²) < 4.78 is 22.3. The van der Waals surface area contributed by atoms with Crippen LogP contribution in [0.2, 0.25) is 0 Å². The van der Waals surface area contributed by atoms with E-state index in [-0.39, 0.29) is 5.91 Å². The normalized spacial score (nSPS) is 15.0. The zero-order valence-corrected chi connectivity index (χ0v) is 20.3. The van der Waals surface area contributed by atoms with Crippen molar-refractivity contribution >= 4 is 33.7 Å². The molecule has 1 aliphatic rings. The largest absolute Gasteiger partial charge is 0.495 e. The Labute approximate surface area is 196 Å². The Morgan fingerprint density at radius 1 is 1.12 bits per heavy atom. The standard InChI is InChI=1S/C23H28BrN3O5/c1-26(25-15-16-13-19(29-2)21(24)20(14-16)30-3)23(28)22(31-4)17-5-7-18(8-6-17)27-9-11-32-12-10-27/h5-8,13-15,22H,9-12H2,1-4H3. The van der Waals surface area contributed by atoms with Crippen LogP contribution in [0.25, 0.3) is 0 Å². The average molecular weight is 506 g/mol. The van der Waals surface area contributed by atoms with Crippen molar-refractivity contribution in [3.05, 3.63) is 52.0 Å². The zero-order chi connectivity index (χ0) is 23.1. The third kappa shape index (κ3) is 5.59. The number of benzene rings is 2. The second-order valence-electron chi connectivity index (χ2n) is 7.15. The molecular weight excluding hydrogens is 478 g/mol. The minimum Gasteiger partial charge on any atom is -0.495 e. The van der Waals surface area contributed by atoms with Crippen molar-refractivity contribution in [2.45, 2.75) is 6.10 Å². The number of hydrogen-bond acceptors (Lipinski definition) is 7. The summed E-state index contributed by atoms with van der Waals surface area (Å²) >= 11 is 3.44. The number of methoxy groups -OCH3 is 3. The number of carbonyl (C=O) groups is 1. The van der Waals surface area contributed by atoms with Crippen LogP contribution >= 0.6 is 15.9 Å². The summed E-state index contributed by atoms with van der Waals surface area (Å²) in [5.74, 6) is 0.934. The molecule has 0 aliphatic carbocycles. The number of halogens is 1. The van der Waals surface area contributed by atoms with Gasteiger partial charge in [-0.2, -0.15) is 5.10 Å². The van der Waals surface area contributed by atoms with Gasteiger partial charge in [-0.25, -0.2) is 5.01 Å². The van der Waals surface area contributed by atoms with Crippen molar-refractivity contribution in [3.8, 4) is 11.5 Å². The van der Waals surface area contributed by atoms with Crippen LogP contribution in [0.5, 0.6) is 11.5 Å². The molecule has 8 nitrogen and oxygen atoms in total. The first-order valence-electron chi connectivity index (χ1n) is 10.2. The van der Waals surface area contributed by atoms with Crippen molar-refractivity contribution in [3.63, 3.8) is 0 Å². The van der Waals surface area contributed by atoms with Gasteiger partial charge < -0.3 is 23.8 Å². The van der Waals surface area contributed by atoms with E-state index in [0.717, 1.165) is 43.1 Å². The van der Waals surface area contributed by atoms with Crippen molar-refractivity contribution in [1.29, 1.82) is 0 Å². The van der Waals surface area contributed by atoms with Crippen molar-refractivity contribution < 1.29 is 23.7 Å². The molecule has 2 aromatic rings. The first-order chi connectivity index (χ1) is 15.5. The van der Waals surface area contributed by atoms with E-state index in [1.165, 1.54) is 12.1 Å². The molecule has 0 bridgehead atoms. The van der Waals surface area contributed by atoms with E-state index in [1.54, 1.807) is 39.6 Å². The minimum absolute atomic E-state index is 0.279. The number of hydrogen-bond donors (Lipinski definition) is 0. The maximum atomic E-state index is 13.0. The molecule has 172 valence electrons. The summed E-state index contributed by atoms with van der Waals surface area (Å²) in [6.07, 6.45) is 0.814. The lowest BCUT2D eigenvalue weighted by Crippen LogP contribution is -2.36. The predicted molar refractivity (Wildman–Crippen MR) is 127 cm³/mol. The van der Waals surface area contributed by atoms with Crippen LogP contribution in [-0.4, -0.2) is 71.8 Å². The molecule has 1 heterocycles. The Kier molecular flexibility index (Phi) is 8.49. The molecule has 1 saturated heterocycles. The van der Waals surface area contributed by atoms with Gasteiger partial charge in [-0.05, 0) is 45.8 Å². The fourth-order valence-corrected chi connectivity index (χ4v) is 3.96. The number of likely N-dealkylation sites (N-methyl/N-ethyl adjacent to an activating group) is 1. The quantitative estimate of drug-likeness (QED) is 0.403. The second kappa shape index (κ2) is 11.3. The van der Waals surface area contributed by atoms with E-state index >= 15 is 0 Å². The van der Waals surface area contributed by atoms with E-state index in [0.29, 0.717) is 16.0 Å². The lowest BCUT2D eigenvalue weighted by atomic mass is 10.1. The molecule has 2 aromatic carbocycles. The summed E-state index contributed by atoms with van der Waals surface area (Å²) in [5.41, 5.74) is 2.60.